The molecule has 10 heteroatoms. The Morgan fingerprint density at radius 1 is 1.26 bits per heavy atom. The Morgan fingerprint density at radius 2 is 2.04 bits per heavy atom. The largest absolute Gasteiger partial charge is 0.460 e. The highest BCUT2D eigenvalue weighted by Crippen LogP contribution is 2.29. The molecule has 1 aliphatic rings. The first-order valence-corrected chi connectivity index (χ1v) is 8.49. The fourth-order valence-electron chi connectivity index (χ4n) is 3.32. The van der Waals surface area contributed by atoms with Gasteiger partial charge in [-0.05, 0) is 24.8 Å². The average molecular weight is 379 g/mol. The van der Waals surface area contributed by atoms with Gasteiger partial charge in [-0.25, -0.2) is 4.98 Å². The van der Waals surface area contributed by atoms with E-state index in [1.807, 2.05) is 6.07 Å². The molecular formula is C17H16F3N5O2. The summed E-state index contributed by atoms with van der Waals surface area (Å²) in [5.74, 6) is 0.852. The lowest BCUT2D eigenvalue weighted by atomic mass is 9.96. The zero-order valence-corrected chi connectivity index (χ0v) is 14.2. The predicted molar refractivity (Wildman–Crippen MR) is 90.2 cm³/mol. The molecule has 27 heavy (non-hydrogen) atoms. The maximum Gasteiger partial charge on any atom is 0.433 e. The summed E-state index contributed by atoms with van der Waals surface area (Å²) in [5, 5.41) is 9.04. The van der Waals surface area contributed by atoms with E-state index >= 15 is 0 Å². The number of halogens is 3. The molecule has 0 aromatic carbocycles. The summed E-state index contributed by atoms with van der Waals surface area (Å²) < 4.78 is 44.6. The van der Waals surface area contributed by atoms with Crippen molar-refractivity contribution >= 4 is 16.8 Å². The Hall–Kier alpha value is -2.91. The number of piperidine rings is 1. The number of fused-ring (bicyclic) bond motifs is 1. The number of hydrogen-bond donors (Lipinski definition) is 0. The van der Waals surface area contributed by atoms with Crippen LogP contribution in [0.4, 0.5) is 19.0 Å². The highest BCUT2D eigenvalue weighted by atomic mass is 19.4. The Bertz CT molecular complexity index is 1010. The molecule has 0 aliphatic carbocycles. The van der Waals surface area contributed by atoms with Gasteiger partial charge in [0.2, 0.25) is 0 Å². The summed E-state index contributed by atoms with van der Waals surface area (Å²) in [6.07, 6.45) is 1.13. The molecule has 4 rings (SSSR count). The minimum atomic E-state index is -4.61. The second-order valence-electron chi connectivity index (χ2n) is 6.57. The number of anilines is 1. The molecule has 142 valence electrons. The number of nitrogens with zero attached hydrogens (tertiary/aromatic N) is 5. The standard InChI is InChI=1S/C17H16F3N5O2/c18-17(19,20)13-7-14(26)25(10-21-13)9-11-1-4-24(5-2-11)16-15-12(3-6-27-15)8-22-23-16/h3,6-8,10-11H,1-2,4-5,9H2. The smallest absolute Gasteiger partial charge is 0.433 e. The van der Waals surface area contributed by atoms with Crippen molar-refractivity contribution in [3.8, 4) is 0 Å². The zero-order chi connectivity index (χ0) is 19.0. The quantitative estimate of drug-likeness (QED) is 0.696. The van der Waals surface area contributed by atoms with Crippen molar-refractivity contribution in [2.45, 2.75) is 25.6 Å². The van der Waals surface area contributed by atoms with Crippen LogP contribution >= 0.6 is 0 Å². The van der Waals surface area contributed by atoms with Crippen molar-refractivity contribution in [3.05, 3.63) is 47.0 Å². The van der Waals surface area contributed by atoms with E-state index in [4.69, 9.17) is 4.42 Å². The first-order chi connectivity index (χ1) is 12.9. The number of alkyl halides is 3. The van der Waals surface area contributed by atoms with Gasteiger partial charge in [-0.3, -0.25) is 9.36 Å². The van der Waals surface area contributed by atoms with Gasteiger partial charge in [-0.1, -0.05) is 0 Å². The fraction of sp³-hybridized carbons (Fsp3) is 0.412. The molecule has 0 N–H and O–H groups in total. The molecule has 7 nitrogen and oxygen atoms in total. The summed E-state index contributed by atoms with van der Waals surface area (Å²) in [4.78, 5) is 17.4. The van der Waals surface area contributed by atoms with Crippen LogP contribution in [0.15, 0.2) is 40.1 Å². The average Bonchev–Trinajstić information content (AvgIpc) is 3.12. The van der Waals surface area contributed by atoms with Gasteiger partial charge in [0.25, 0.3) is 5.56 Å². The SMILES string of the molecule is O=c1cc(C(F)(F)F)ncn1CC1CCN(c2nncc3ccoc23)CC1. The lowest BCUT2D eigenvalue weighted by Gasteiger charge is -2.32. The number of furan rings is 1. The van der Waals surface area contributed by atoms with E-state index in [2.05, 4.69) is 20.1 Å². The van der Waals surface area contributed by atoms with Crippen molar-refractivity contribution < 1.29 is 17.6 Å². The van der Waals surface area contributed by atoms with Gasteiger partial charge in [0.1, 0.15) is 0 Å². The molecule has 0 saturated carbocycles. The van der Waals surface area contributed by atoms with Crippen molar-refractivity contribution in [2.24, 2.45) is 5.92 Å². The highest BCUT2D eigenvalue weighted by Gasteiger charge is 2.33. The Morgan fingerprint density at radius 3 is 2.74 bits per heavy atom. The van der Waals surface area contributed by atoms with Crippen LogP contribution in [0.25, 0.3) is 11.0 Å². The molecule has 0 spiro atoms. The van der Waals surface area contributed by atoms with Gasteiger partial charge in [-0.2, -0.15) is 18.3 Å². The molecule has 0 atom stereocenters. The lowest BCUT2D eigenvalue weighted by molar-refractivity contribution is -0.141. The monoisotopic (exact) mass is 379 g/mol. The van der Waals surface area contributed by atoms with Crippen molar-refractivity contribution in [1.29, 1.82) is 0 Å². The van der Waals surface area contributed by atoms with Gasteiger partial charge in [0, 0.05) is 31.1 Å². The highest BCUT2D eigenvalue weighted by molar-refractivity contribution is 5.86. The van der Waals surface area contributed by atoms with Gasteiger partial charge < -0.3 is 9.32 Å². The van der Waals surface area contributed by atoms with Gasteiger partial charge in [0.15, 0.2) is 17.1 Å². The summed E-state index contributed by atoms with van der Waals surface area (Å²) in [7, 11) is 0. The third-order valence-electron chi connectivity index (χ3n) is 4.79. The minimum absolute atomic E-state index is 0.168. The van der Waals surface area contributed by atoms with Gasteiger partial charge in [-0.15, -0.1) is 5.10 Å². The Balaban J connectivity index is 1.43. The first kappa shape index (κ1) is 17.5. The van der Waals surface area contributed by atoms with Crippen LogP contribution in [-0.4, -0.2) is 32.8 Å². The number of hydrogen-bond acceptors (Lipinski definition) is 6. The molecule has 4 heterocycles. The molecule has 0 amide bonds. The molecule has 0 radical (unpaired) electrons. The molecule has 3 aromatic heterocycles. The normalized spacial score (nSPS) is 16.2. The van der Waals surface area contributed by atoms with Crippen molar-refractivity contribution in [3.63, 3.8) is 0 Å². The molecular weight excluding hydrogens is 363 g/mol. The van der Waals surface area contributed by atoms with Crippen LogP contribution < -0.4 is 10.5 Å². The van der Waals surface area contributed by atoms with E-state index in [0.29, 0.717) is 37.1 Å². The maximum atomic E-state index is 12.6. The molecule has 0 bridgehead atoms. The Labute approximate surface area is 151 Å². The summed E-state index contributed by atoms with van der Waals surface area (Å²) >= 11 is 0. The fourth-order valence-corrected chi connectivity index (χ4v) is 3.32. The van der Waals surface area contributed by atoms with Crippen LogP contribution in [0.5, 0.6) is 0 Å². The molecule has 1 fully saturated rings. The second kappa shape index (κ2) is 6.67. The summed E-state index contributed by atoms with van der Waals surface area (Å²) in [6, 6.07) is 2.37. The number of aromatic nitrogens is 4. The van der Waals surface area contributed by atoms with Gasteiger partial charge >= 0.3 is 6.18 Å². The molecule has 1 saturated heterocycles. The van der Waals surface area contributed by atoms with Crippen LogP contribution in [0, 0.1) is 5.92 Å². The third kappa shape index (κ3) is 3.51. The molecule has 3 aromatic rings. The van der Waals surface area contributed by atoms with E-state index in [0.717, 1.165) is 24.6 Å². The van der Waals surface area contributed by atoms with Crippen LogP contribution in [0.2, 0.25) is 0 Å². The predicted octanol–water partition coefficient (Wildman–Crippen LogP) is 2.71. The van der Waals surface area contributed by atoms with Crippen LogP contribution in [-0.2, 0) is 12.7 Å². The second-order valence-corrected chi connectivity index (χ2v) is 6.57. The van der Waals surface area contributed by atoms with Crippen molar-refractivity contribution in [1.82, 2.24) is 19.7 Å². The summed E-state index contributed by atoms with van der Waals surface area (Å²) in [5.41, 5.74) is -1.17. The van der Waals surface area contributed by atoms with E-state index in [1.165, 1.54) is 4.57 Å². The number of rotatable bonds is 3. The third-order valence-corrected chi connectivity index (χ3v) is 4.79. The topological polar surface area (TPSA) is 77.1 Å². The van der Waals surface area contributed by atoms with Crippen LogP contribution in [0.1, 0.15) is 18.5 Å². The molecule has 0 unspecified atom stereocenters. The van der Waals surface area contributed by atoms with E-state index in [-0.39, 0.29) is 5.92 Å². The molecule has 1 aliphatic heterocycles. The first-order valence-electron chi connectivity index (χ1n) is 8.49. The van der Waals surface area contributed by atoms with E-state index in [9.17, 15) is 18.0 Å². The minimum Gasteiger partial charge on any atom is -0.460 e. The lowest BCUT2D eigenvalue weighted by Crippen LogP contribution is -2.37. The van der Waals surface area contributed by atoms with Crippen LogP contribution in [0.3, 0.4) is 0 Å². The maximum absolute atomic E-state index is 12.6. The Kier molecular flexibility index (Phi) is 4.33. The van der Waals surface area contributed by atoms with Crippen molar-refractivity contribution in [2.75, 3.05) is 18.0 Å². The van der Waals surface area contributed by atoms with E-state index < -0.39 is 17.4 Å². The zero-order valence-electron chi connectivity index (χ0n) is 14.2. The van der Waals surface area contributed by atoms with E-state index in [1.54, 1.807) is 12.5 Å². The van der Waals surface area contributed by atoms with Gasteiger partial charge in [0.05, 0.1) is 18.8 Å². The summed E-state index contributed by atoms with van der Waals surface area (Å²) in [6.45, 7) is 1.73.